The number of anilines is 1. The van der Waals surface area contributed by atoms with Crippen LogP contribution in [0.5, 0.6) is 0 Å². The van der Waals surface area contributed by atoms with E-state index in [1.807, 2.05) is 0 Å². The molecule has 0 aliphatic heterocycles. The molecule has 20 heavy (non-hydrogen) atoms. The molecule has 0 unspecified atom stereocenters. The number of carboxylic acid groups (broad SMARTS) is 1. The molecule has 1 fully saturated rings. The molecule has 1 heterocycles. The van der Waals surface area contributed by atoms with Crippen molar-refractivity contribution < 1.29 is 14.7 Å². The van der Waals surface area contributed by atoms with Crippen molar-refractivity contribution in [2.24, 2.45) is 5.92 Å². The molecule has 1 aromatic heterocycles. The maximum absolute atomic E-state index is 11.9. The van der Waals surface area contributed by atoms with Gasteiger partial charge in [0, 0.05) is 22.9 Å². The summed E-state index contributed by atoms with van der Waals surface area (Å²) in [7, 11) is 0. The number of fused-ring (bicyclic) bond motifs is 1. The lowest BCUT2D eigenvalue weighted by Gasteiger charge is -2.11. The molecule has 102 valence electrons. The van der Waals surface area contributed by atoms with Crippen LogP contribution in [-0.4, -0.2) is 22.0 Å². The van der Waals surface area contributed by atoms with Crippen LogP contribution < -0.4 is 5.32 Å². The van der Waals surface area contributed by atoms with Gasteiger partial charge in [-0.2, -0.15) is 0 Å². The first-order chi connectivity index (χ1) is 9.58. The fraction of sp³-hybridized carbons (Fsp3) is 0.214. The maximum Gasteiger partial charge on any atom is 0.355 e. The van der Waals surface area contributed by atoms with Crippen molar-refractivity contribution in [3.05, 3.63) is 35.1 Å². The summed E-state index contributed by atoms with van der Waals surface area (Å²) in [5.74, 6) is -1.15. The van der Waals surface area contributed by atoms with Crippen LogP contribution in [-0.2, 0) is 4.79 Å². The molecular weight excluding hydrogens is 280 g/mol. The standard InChI is InChI=1S/C14H11ClN2O3/c15-10-4-3-8-9(5-6-16-12(8)14(19)20)11(10)17-13(18)7-1-2-7/h3-7H,1-2H2,(H,17,18)(H,19,20). The van der Waals surface area contributed by atoms with Crippen LogP contribution in [0.1, 0.15) is 23.3 Å². The quantitative estimate of drug-likeness (QED) is 0.911. The number of benzene rings is 1. The Morgan fingerprint density at radius 3 is 2.65 bits per heavy atom. The number of carbonyl (C=O) groups is 2. The summed E-state index contributed by atoms with van der Waals surface area (Å²) < 4.78 is 0. The Kier molecular flexibility index (Phi) is 3.06. The van der Waals surface area contributed by atoms with Crippen LogP contribution in [0.3, 0.4) is 0 Å². The lowest BCUT2D eigenvalue weighted by Crippen LogP contribution is -2.14. The second-order valence-electron chi connectivity index (χ2n) is 4.75. The second-order valence-corrected chi connectivity index (χ2v) is 5.15. The van der Waals surface area contributed by atoms with Gasteiger partial charge in [-0.05, 0) is 25.0 Å². The molecule has 1 aliphatic rings. The summed E-state index contributed by atoms with van der Waals surface area (Å²) in [4.78, 5) is 26.9. The first-order valence-electron chi connectivity index (χ1n) is 6.19. The van der Waals surface area contributed by atoms with E-state index in [4.69, 9.17) is 16.7 Å². The summed E-state index contributed by atoms with van der Waals surface area (Å²) in [6, 6.07) is 4.82. The molecular formula is C14H11ClN2O3. The molecule has 1 saturated carbocycles. The Hall–Kier alpha value is -2.14. The highest BCUT2D eigenvalue weighted by molar-refractivity contribution is 6.35. The molecule has 1 aromatic carbocycles. The van der Waals surface area contributed by atoms with Crippen LogP contribution in [0.2, 0.25) is 5.02 Å². The Bertz CT molecular complexity index is 726. The molecule has 2 aromatic rings. The van der Waals surface area contributed by atoms with Gasteiger partial charge in [0.05, 0.1) is 10.7 Å². The minimum absolute atomic E-state index is 0.0436. The minimum atomic E-state index is -1.11. The van der Waals surface area contributed by atoms with Crippen molar-refractivity contribution in [1.82, 2.24) is 4.98 Å². The van der Waals surface area contributed by atoms with E-state index in [-0.39, 0.29) is 17.5 Å². The number of amides is 1. The number of aromatic carboxylic acids is 1. The zero-order valence-corrected chi connectivity index (χ0v) is 11.1. The topological polar surface area (TPSA) is 79.3 Å². The molecule has 0 saturated heterocycles. The van der Waals surface area contributed by atoms with Gasteiger partial charge in [0.25, 0.3) is 0 Å². The van der Waals surface area contributed by atoms with Gasteiger partial charge >= 0.3 is 5.97 Å². The molecule has 0 spiro atoms. The summed E-state index contributed by atoms with van der Waals surface area (Å²) >= 11 is 6.12. The number of carbonyl (C=O) groups excluding carboxylic acids is 1. The lowest BCUT2D eigenvalue weighted by atomic mass is 10.1. The van der Waals surface area contributed by atoms with E-state index in [1.165, 1.54) is 6.20 Å². The lowest BCUT2D eigenvalue weighted by molar-refractivity contribution is -0.117. The average molecular weight is 291 g/mol. The predicted octanol–water partition coefficient (Wildman–Crippen LogP) is 2.93. The first-order valence-corrected chi connectivity index (χ1v) is 6.57. The van der Waals surface area contributed by atoms with Gasteiger partial charge in [-0.1, -0.05) is 17.7 Å². The predicted molar refractivity (Wildman–Crippen MR) is 75.1 cm³/mol. The van der Waals surface area contributed by atoms with Crippen LogP contribution in [0.4, 0.5) is 5.69 Å². The fourth-order valence-electron chi connectivity index (χ4n) is 2.10. The van der Waals surface area contributed by atoms with E-state index in [9.17, 15) is 9.59 Å². The number of halogens is 1. The third-order valence-electron chi connectivity index (χ3n) is 3.29. The van der Waals surface area contributed by atoms with Crippen LogP contribution >= 0.6 is 11.6 Å². The molecule has 0 bridgehead atoms. The van der Waals surface area contributed by atoms with Gasteiger partial charge in [0.2, 0.25) is 5.91 Å². The molecule has 0 radical (unpaired) electrons. The first kappa shape index (κ1) is 12.9. The fourth-order valence-corrected chi connectivity index (χ4v) is 2.31. The largest absolute Gasteiger partial charge is 0.476 e. The van der Waals surface area contributed by atoms with Crippen molar-refractivity contribution in [3.63, 3.8) is 0 Å². The molecule has 1 aliphatic carbocycles. The Morgan fingerprint density at radius 2 is 2.00 bits per heavy atom. The van der Waals surface area contributed by atoms with Gasteiger partial charge in [0.1, 0.15) is 0 Å². The highest BCUT2D eigenvalue weighted by Crippen LogP contribution is 2.35. The van der Waals surface area contributed by atoms with Crippen molar-refractivity contribution in [2.75, 3.05) is 5.32 Å². The van der Waals surface area contributed by atoms with Gasteiger partial charge in [-0.25, -0.2) is 9.78 Å². The second kappa shape index (κ2) is 4.76. The molecule has 2 N–H and O–H groups in total. The van der Waals surface area contributed by atoms with Crippen molar-refractivity contribution in [2.45, 2.75) is 12.8 Å². The summed E-state index contributed by atoms with van der Waals surface area (Å²) in [5.41, 5.74) is 0.395. The van der Waals surface area contributed by atoms with E-state index in [2.05, 4.69) is 10.3 Å². The summed E-state index contributed by atoms with van der Waals surface area (Å²) in [6.07, 6.45) is 3.17. The van der Waals surface area contributed by atoms with E-state index < -0.39 is 5.97 Å². The van der Waals surface area contributed by atoms with E-state index in [0.29, 0.717) is 21.5 Å². The zero-order valence-electron chi connectivity index (χ0n) is 10.4. The Morgan fingerprint density at radius 1 is 1.25 bits per heavy atom. The number of pyridine rings is 1. The van der Waals surface area contributed by atoms with Gasteiger partial charge in [-0.3, -0.25) is 4.79 Å². The van der Waals surface area contributed by atoms with E-state index in [0.717, 1.165) is 12.8 Å². The normalized spacial score (nSPS) is 14.2. The Labute approximate surface area is 119 Å². The molecule has 0 atom stereocenters. The SMILES string of the molecule is O=C(O)c1nccc2c(NC(=O)C3CC3)c(Cl)ccc12. The Balaban J connectivity index is 2.14. The highest BCUT2D eigenvalue weighted by atomic mass is 35.5. The van der Waals surface area contributed by atoms with Crippen molar-refractivity contribution in [3.8, 4) is 0 Å². The number of hydrogen-bond acceptors (Lipinski definition) is 3. The van der Waals surface area contributed by atoms with Gasteiger partial charge in [0.15, 0.2) is 5.69 Å². The van der Waals surface area contributed by atoms with Crippen LogP contribution in [0, 0.1) is 5.92 Å². The third kappa shape index (κ3) is 2.20. The number of hydrogen-bond donors (Lipinski definition) is 2. The summed E-state index contributed by atoms with van der Waals surface area (Å²) in [5, 5.41) is 13.3. The number of carboxylic acids is 1. The third-order valence-corrected chi connectivity index (χ3v) is 3.61. The maximum atomic E-state index is 11.9. The van der Waals surface area contributed by atoms with Crippen LogP contribution in [0.15, 0.2) is 24.4 Å². The van der Waals surface area contributed by atoms with Crippen molar-refractivity contribution >= 4 is 39.9 Å². The van der Waals surface area contributed by atoms with Crippen molar-refractivity contribution in [1.29, 1.82) is 0 Å². The monoisotopic (exact) mass is 290 g/mol. The van der Waals surface area contributed by atoms with E-state index in [1.54, 1.807) is 18.2 Å². The number of nitrogens with zero attached hydrogens (tertiary/aromatic N) is 1. The molecule has 1 amide bonds. The summed E-state index contributed by atoms with van der Waals surface area (Å²) in [6.45, 7) is 0. The number of aromatic nitrogens is 1. The number of rotatable bonds is 3. The van der Waals surface area contributed by atoms with E-state index >= 15 is 0 Å². The minimum Gasteiger partial charge on any atom is -0.476 e. The van der Waals surface area contributed by atoms with Gasteiger partial charge < -0.3 is 10.4 Å². The molecule has 3 rings (SSSR count). The van der Waals surface area contributed by atoms with Crippen LogP contribution in [0.25, 0.3) is 10.8 Å². The smallest absolute Gasteiger partial charge is 0.355 e. The zero-order chi connectivity index (χ0) is 14.3. The molecule has 5 nitrogen and oxygen atoms in total. The highest BCUT2D eigenvalue weighted by Gasteiger charge is 2.30. The molecule has 6 heteroatoms. The van der Waals surface area contributed by atoms with Gasteiger partial charge in [-0.15, -0.1) is 0 Å². The average Bonchev–Trinajstić information content (AvgIpc) is 3.25. The number of nitrogens with one attached hydrogen (secondary N) is 1.